The van der Waals surface area contributed by atoms with E-state index in [1.54, 1.807) is 0 Å². The van der Waals surface area contributed by atoms with Gasteiger partial charge in [-0.25, -0.2) is 0 Å². The maximum atomic E-state index is 5.79. The lowest BCUT2D eigenvalue weighted by Crippen LogP contribution is -1.98. The number of hydrogen-bond donors (Lipinski definition) is 0. The van der Waals surface area contributed by atoms with E-state index in [-0.39, 0.29) is 0 Å². The lowest BCUT2D eigenvalue weighted by atomic mass is 10.1. The summed E-state index contributed by atoms with van der Waals surface area (Å²) in [5.74, 6) is 1.18. The highest BCUT2D eigenvalue weighted by Gasteiger charge is 2.03. The Bertz CT molecular complexity index is 263. The van der Waals surface area contributed by atoms with Gasteiger partial charge in [0.15, 0.2) is 0 Å². The van der Waals surface area contributed by atoms with E-state index in [1.165, 1.54) is 69.1 Å². The lowest BCUT2D eigenvalue weighted by molar-refractivity contribution is 0.194. The molecule has 0 amide bonds. The molecular formula is C19H36O. The van der Waals surface area contributed by atoms with Crippen LogP contribution >= 0.6 is 0 Å². The number of hydrogen-bond acceptors (Lipinski definition) is 1. The molecule has 0 spiro atoms. The molecule has 0 aromatic carbocycles. The third-order valence-corrected chi connectivity index (χ3v) is 3.60. The first-order valence-electron chi connectivity index (χ1n) is 8.82. The first kappa shape index (κ1) is 19.3. The molecule has 1 aliphatic carbocycles. The van der Waals surface area contributed by atoms with Gasteiger partial charge in [0.2, 0.25) is 0 Å². The molecule has 0 aromatic heterocycles. The Hall–Kier alpha value is -0.720. The number of unbranched alkanes of at least 4 members (excludes halogenated alkanes) is 7. The minimum atomic E-state index is 0.910. The van der Waals surface area contributed by atoms with Crippen molar-refractivity contribution in [1.29, 1.82) is 0 Å². The Morgan fingerprint density at radius 1 is 0.850 bits per heavy atom. The van der Waals surface area contributed by atoms with Gasteiger partial charge in [-0.05, 0) is 25.8 Å². The van der Waals surface area contributed by atoms with Crippen LogP contribution in [0.3, 0.4) is 0 Å². The monoisotopic (exact) mass is 280 g/mol. The van der Waals surface area contributed by atoms with Crippen LogP contribution in [0, 0.1) is 0 Å². The Kier molecular flexibility index (Phi) is 14.2. The van der Waals surface area contributed by atoms with E-state index in [1.807, 2.05) is 13.8 Å². The van der Waals surface area contributed by atoms with Crippen LogP contribution in [-0.2, 0) is 4.74 Å². The topological polar surface area (TPSA) is 9.23 Å². The van der Waals surface area contributed by atoms with Gasteiger partial charge in [-0.2, -0.15) is 0 Å². The SMILES string of the molecule is CC.CCCCCCCCCCOC1=CC=C(C)CC1. The normalized spacial score (nSPS) is 14.0. The summed E-state index contributed by atoms with van der Waals surface area (Å²) in [6.07, 6.45) is 17.5. The second kappa shape index (κ2) is 14.7. The molecular weight excluding hydrogens is 244 g/mol. The maximum Gasteiger partial charge on any atom is 0.0962 e. The fraction of sp³-hybridized carbons (Fsp3) is 0.789. The van der Waals surface area contributed by atoms with Gasteiger partial charge in [-0.3, -0.25) is 0 Å². The molecule has 1 rings (SSSR count). The first-order valence-corrected chi connectivity index (χ1v) is 8.82. The predicted octanol–water partition coefficient (Wildman–Crippen LogP) is 6.79. The van der Waals surface area contributed by atoms with Gasteiger partial charge in [-0.1, -0.05) is 77.4 Å². The summed E-state index contributed by atoms with van der Waals surface area (Å²) in [5, 5.41) is 0. The van der Waals surface area contributed by atoms with E-state index in [0.717, 1.165) is 13.0 Å². The van der Waals surface area contributed by atoms with Gasteiger partial charge in [0.1, 0.15) is 0 Å². The fourth-order valence-corrected chi connectivity index (χ4v) is 2.28. The van der Waals surface area contributed by atoms with Crippen LogP contribution in [0.4, 0.5) is 0 Å². The van der Waals surface area contributed by atoms with Gasteiger partial charge in [-0.15, -0.1) is 0 Å². The van der Waals surface area contributed by atoms with Gasteiger partial charge < -0.3 is 4.74 Å². The van der Waals surface area contributed by atoms with Crippen molar-refractivity contribution >= 4 is 0 Å². The van der Waals surface area contributed by atoms with Crippen molar-refractivity contribution in [3.63, 3.8) is 0 Å². The van der Waals surface area contributed by atoms with Crippen LogP contribution in [0.1, 0.15) is 91.9 Å². The molecule has 0 unspecified atom stereocenters. The van der Waals surface area contributed by atoms with E-state index in [2.05, 4.69) is 26.0 Å². The lowest BCUT2D eigenvalue weighted by Gasteiger charge is -2.13. The van der Waals surface area contributed by atoms with Crippen molar-refractivity contribution < 1.29 is 4.74 Å². The third kappa shape index (κ3) is 11.1. The fourth-order valence-electron chi connectivity index (χ4n) is 2.28. The number of allylic oxidation sites excluding steroid dienone is 4. The van der Waals surface area contributed by atoms with Gasteiger partial charge in [0.05, 0.1) is 12.4 Å². The molecule has 1 nitrogen and oxygen atoms in total. The minimum Gasteiger partial charge on any atom is -0.498 e. The Morgan fingerprint density at radius 2 is 1.45 bits per heavy atom. The zero-order valence-corrected chi connectivity index (χ0v) is 14.3. The minimum absolute atomic E-state index is 0.910. The maximum absolute atomic E-state index is 5.79. The van der Waals surface area contributed by atoms with Crippen LogP contribution in [0.5, 0.6) is 0 Å². The van der Waals surface area contributed by atoms with Gasteiger partial charge >= 0.3 is 0 Å². The largest absolute Gasteiger partial charge is 0.498 e. The van der Waals surface area contributed by atoms with Crippen LogP contribution in [0.2, 0.25) is 0 Å². The highest BCUT2D eigenvalue weighted by Crippen LogP contribution is 2.19. The smallest absolute Gasteiger partial charge is 0.0962 e. The van der Waals surface area contributed by atoms with Crippen LogP contribution < -0.4 is 0 Å². The van der Waals surface area contributed by atoms with Crippen LogP contribution in [-0.4, -0.2) is 6.61 Å². The molecule has 0 aliphatic heterocycles. The molecule has 0 fully saturated rings. The molecule has 0 heterocycles. The van der Waals surface area contributed by atoms with Crippen molar-refractivity contribution in [3.05, 3.63) is 23.5 Å². The van der Waals surface area contributed by atoms with Crippen molar-refractivity contribution in [1.82, 2.24) is 0 Å². The summed E-state index contributed by atoms with van der Waals surface area (Å²) in [6, 6.07) is 0. The Balaban J connectivity index is 0.00000172. The summed E-state index contributed by atoms with van der Waals surface area (Å²) in [7, 11) is 0. The van der Waals surface area contributed by atoms with Crippen molar-refractivity contribution in [2.45, 2.75) is 91.9 Å². The molecule has 0 aromatic rings. The van der Waals surface area contributed by atoms with Crippen LogP contribution in [0.15, 0.2) is 23.5 Å². The molecule has 0 bridgehead atoms. The highest BCUT2D eigenvalue weighted by molar-refractivity contribution is 5.19. The molecule has 0 atom stereocenters. The summed E-state index contributed by atoms with van der Waals surface area (Å²) in [5.41, 5.74) is 1.47. The zero-order valence-electron chi connectivity index (χ0n) is 14.3. The molecule has 0 saturated heterocycles. The summed E-state index contributed by atoms with van der Waals surface area (Å²) in [6.45, 7) is 9.37. The quantitative estimate of drug-likeness (QED) is 0.400. The van der Waals surface area contributed by atoms with E-state index in [9.17, 15) is 0 Å². The molecule has 118 valence electrons. The molecule has 1 heteroatoms. The summed E-state index contributed by atoms with van der Waals surface area (Å²) in [4.78, 5) is 0. The third-order valence-electron chi connectivity index (χ3n) is 3.60. The second-order valence-corrected chi connectivity index (χ2v) is 5.47. The highest BCUT2D eigenvalue weighted by atomic mass is 16.5. The van der Waals surface area contributed by atoms with Crippen molar-refractivity contribution in [2.75, 3.05) is 6.61 Å². The molecule has 0 saturated carbocycles. The molecule has 0 N–H and O–H groups in total. The van der Waals surface area contributed by atoms with Gasteiger partial charge in [0, 0.05) is 6.42 Å². The summed E-state index contributed by atoms with van der Waals surface area (Å²) >= 11 is 0. The molecule has 20 heavy (non-hydrogen) atoms. The summed E-state index contributed by atoms with van der Waals surface area (Å²) < 4.78 is 5.79. The Labute approximate surface area is 127 Å². The number of rotatable bonds is 10. The predicted molar refractivity (Wildman–Crippen MR) is 91.0 cm³/mol. The average molecular weight is 280 g/mol. The van der Waals surface area contributed by atoms with E-state index in [0.29, 0.717) is 0 Å². The van der Waals surface area contributed by atoms with E-state index in [4.69, 9.17) is 4.74 Å². The first-order chi connectivity index (χ1) is 9.83. The number of ether oxygens (including phenoxy) is 1. The van der Waals surface area contributed by atoms with Crippen molar-refractivity contribution in [2.24, 2.45) is 0 Å². The van der Waals surface area contributed by atoms with E-state index >= 15 is 0 Å². The molecule has 0 radical (unpaired) electrons. The average Bonchev–Trinajstić information content (AvgIpc) is 2.49. The molecule has 1 aliphatic rings. The van der Waals surface area contributed by atoms with Gasteiger partial charge in [0.25, 0.3) is 0 Å². The standard InChI is InChI=1S/C17H30O.C2H6/c1-3-4-5-6-7-8-9-10-15-18-17-13-11-16(2)12-14-17;1-2/h11,13H,3-10,12,14-15H2,1-2H3;1-2H3. The zero-order chi connectivity index (χ0) is 15.1. The van der Waals surface area contributed by atoms with E-state index < -0.39 is 0 Å². The van der Waals surface area contributed by atoms with Crippen LogP contribution in [0.25, 0.3) is 0 Å². The second-order valence-electron chi connectivity index (χ2n) is 5.47. The van der Waals surface area contributed by atoms with Crippen molar-refractivity contribution in [3.8, 4) is 0 Å². The Morgan fingerprint density at radius 3 is 2.00 bits per heavy atom.